The minimum Gasteiger partial charge on any atom is -0.356 e. The molecule has 0 radical (unpaired) electrons. The van der Waals surface area contributed by atoms with Gasteiger partial charge in [-0.1, -0.05) is 27.2 Å². The summed E-state index contributed by atoms with van der Waals surface area (Å²) in [6.45, 7) is 11.2. The monoisotopic (exact) mass is 283 g/mol. The maximum atomic E-state index is 12.1. The molecular weight excluding hydrogens is 250 g/mol. The van der Waals surface area contributed by atoms with Gasteiger partial charge in [0.1, 0.15) is 0 Å². The highest BCUT2D eigenvalue weighted by Gasteiger charge is 2.19. The Morgan fingerprint density at radius 3 is 2.40 bits per heavy atom. The first-order valence-electron chi connectivity index (χ1n) is 8.23. The van der Waals surface area contributed by atoms with Crippen molar-refractivity contribution in [2.75, 3.05) is 32.7 Å². The third kappa shape index (κ3) is 6.71. The van der Waals surface area contributed by atoms with Crippen LogP contribution in [0.5, 0.6) is 0 Å². The molecule has 2 unspecified atom stereocenters. The Labute approximate surface area is 124 Å². The van der Waals surface area contributed by atoms with Gasteiger partial charge >= 0.3 is 0 Å². The molecule has 1 amide bonds. The van der Waals surface area contributed by atoms with Crippen molar-refractivity contribution in [1.29, 1.82) is 0 Å². The second-order valence-electron chi connectivity index (χ2n) is 6.77. The molecule has 4 nitrogen and oxygen atoms in total. The molecule has 1 rings (SSSR count). The number of hydrogen-bond acceptors (Lipinski definition) is 3. The van der Waals surface area contributed by atoms with E-state index in [1.807, 2.05) is 0 Å². The fourth-order valence-electron chi connectivity index (χ4n) is 2.95. The maximum absolute atomic E-state index is 12.1. The summed E-state index contributed by atoms with van der Waals surface area (Å²) in [7, 11) is 0. The van der Waals surface area contributed by atoms with Crippen molar-refractivity contribution in [2.45, 2.75) is 46.5 Å². The van der Waals surface area contributed by atoms with Gasteiger partial charge in [-0.05, 0) is 44.2 Å². The van der Waals surface area contributed by atoms with Gasteiger partial charge in [-0.2, -0.15) is 0 Å². The molecule has 0 bridgehead atoms. The number of piperidine rings is 1. The lowest BCUT2D eigenvalue weighted by Crippen LogP contribution is -2.41. The molecule has 1 aliphatic heterocycles. The van der Waals surface area contributed by atoms with E-state index < -0.39 is 0 Å². The maximum Gasteiger partial charge on any atom is 0.224 e. The highest BCUT2D eigenvalue weighted by atomic mass is 16.1. The lowest BCUT2D eigenvalue weighted by atomic mass is 9.96. The normalized spacial score (nSPS) is 19.9. The summed E-state index contributed by atoms with van der Waals surface area (Å²) in [5, 5.41) is 3.08. The second kappa shape index (κ2) is 9.35. The summed E-state index contributed by atoms with van der Waals surface area (Å²) >= 11 is 0. The molecule has 4 heteroatoms. The minimum atomic E-state index is -0.0304. The van der Waals surface area contributed by atoms with Crippen molar-refractivity contribution in [1.82, 2.24) is 10.2 Å². The molecule has 0 spiro atoms. The lowest BCUT2D eigenvalue weighted by molar-refractivity contribution is -0.125. The molecule has 1 aliphatic rings. The van der Waals surface area contributed by atoms with Crippen molar-refractivity contribution >= 4 is 5.91 Å². The van der Waals surface area contributed by atoms with Crippen molar-refractivity contribution in [3.63, 3.8) is 0 Å². The van der Waals surface area contributed by atoms with Gasteiger partial charge in [0.15, 0.2) is 0 Å². The van der Waals surface area contributed by atoms with Gasteiger partial charge in [0, 0.05) is 19.6 Å². The van der Waals surface area contributed by atoms with Crippen molar-refractivity contribution < 1.29 is 4.79 Å². The molecule has 0 aromatic carbocycles. The summed E-state index contributed by atoms with van der Waals surface area (Å²) in [6, 6.07) is 0. The van der Waals surface area contributed by atoms with E-state index in [0.29, 0.717) is 18.4 Å². The van der Waals surface area contributed by atoms with E-state index in [1.165, 1.54) is 32.4 Å². The zero-order valence-electron chi connectivity index (χ0n) is 13.5. The van der Waals surface area contributed by atoms with Crippen LogP contribution in [0.3, 0.4) is 0 Å². The average Bonchev–Trinajstić information content (AvgIpc) is 2.43. The van der Waals surface area contributed by atoms with Gasteiger partial charge in [-0.15, -0.1) is 0 Å². The predicted molar refractivity (Wildman–Crippen MR) is 84.5 cm³/mol. The number of carbonyl (C=O) groups is 1. The Balaban J connectivity index is 2.24. The molecule has 118 valence electrons. The first kappa shape index (κ1) is 17.4. The number of hydrogen-bond donors (Lipinski definition) is 2. The van der Waals surface area contributed by atoms with Crippen LogP contribution in [0.1, 0.15) is 46.5 Å². The van der Waals surface area contributed by atoms with Gasteiger partial charge in [0.25, 0.3) is 0 Å². The summed E-state index contributed by atoms with van der Waals surface area (Å²) in [4.78, 5) is 14.6. The molecule has 3 N–H and O–H groups in total. The summed E-state index contributed by atoms with van der Waals surface area (Å²) in [6.07, 6.45) is 4.89. The van der Waals surface area contributed by atoms with Gasteiger partial charge in [-0.25, -0.2) is 0 Å². The highest BCUT2D eigenvalue weighted by Crippen LogP contribution is 2.12. The fourth-order valence-corrected chi connectivity index (χ4v) is 2.95. The molecule has 1 saturated heterocycles. The Bertz CT molecular complexity index is 275. The van der Waals surface area contributed by atoms with Crippen LogP contribution in [0.25, 0.3) is 0 Å². The van der Waals surface area contributed by atoms with Crippen LogP contribution in [-0.4, -0.2) is 43.5 Å². The SMILES string of the molecule is CC(C)CC(CN)C(=O)NCC(C)CN1CCCCC1. The minimum absolute atomic E-state index is 0.0304. The third-order valence-corrected chi connectivity index (χ3v) is 4.05. The first-order valence-corrected chi connectivity index (χ1v) is 8.23. The van der Waals surface area contributed by atoms with Gasteiger partial charge in [0.05, 0.1) is 5.92 Å². The molecule has 2 atom stereocenters. The standard InChI is InChI=1S/C16H33N3O/c1-13(2)9-15(10-17)16(20)18-11-14(3)12-19-7-5-4-6-8-19/h13-15H,4-12,17H2,1-3H3,(H,18,20). The Morgan fingerprint density at radius 2 is 1.85 bits per heavy atom. The molecule has 1 fully saturated rings. The van der Waals surface area contributed by atoms with E-state index in [2.05, 4.69) is 31.0 Å². The van der Waals surface area contributed by atoms with Crippen LogP contribution >= 0.6 is 0 Å². The Morgan fingerprint density at radius 1 is 1.20 bits per heavy atom. The number of nitrogens with one attached hydrogen (secondary N) is 1. The van der Waals surface area contributed by atoms with Crippen LogP contribution in [0.2, 0.25) is 0 Å². The van der Waals surface area contributed by atoms with E-state index in [0.717, 1.165) is 19.5 Å². The van der Waals surface area contributed by atoms with E-state index >= 15 is 0 Å². The molecule has 0 saturated carbocycles. The molecular formula is C16H33N3O. The van der Waals surface area contributed by atoms with Crippen molar-refractivity contribution in [3.05, 3.63) is 0 Å². The number of nitrogens with zero attached hydrogens (tertiary/aromatic N) is 1. The van der Waals surface area contributed by atoms with Crippen LogP contribution in [0, 0.1) is 17.8 Å². The third-order valence-electron chi connectivity index (χ3n) is 4.05. The summed E-state index contributed by atoms with van der Waals surface area (Å²) in [5.74, 6) is 1.12. The predicted octanol–water partition coefficient (Wildman–Crippen LogP) is 1.85. The number of carbonyl (C=O) groups excluding carboxylic acids is 1. The van der Waals surface area contributed by atoms with E-state index in [-0.39, 0.29) is 11.8 Å². The van der Waals surface area contributed by atoms with Crippen LogP contribution in [0.15, 0.2) is 0 Å². The smallest absolute Gasteiger partial charge is 0.224 e. The van der Waals surface area contributed by atoms with E-state index in [4.69, 9.17) is 5.73 Å². The summed E-state index contributed by atoms with van der Waals surface area (Å²) in [5.41, 5.74) is 5.71. The van der Waals surface area contributed by atoms with Crippen LogP contribution < -0.4 is 11.1 Å². The number of likely N-dealkylation sites (tertiary alicyclic amines) is 1. The van der Waals surface area contributed by atoms with Crippen molar-refractivity contribution in [2.24, 2.45) is 23.5 Å². The quantitative estimate of drug-likeness (QED) is 0.715. The van der Waals surface area contributed by atoms with Crippen LogP contribution in [-0.2, 0) is 4.79 Å². The number of amides is 1. The van der Waals surface area contributed by atoms with Gasteiger partial charge in [-0.3, -0.25) is 4.79 Å². The lowest BCUT2D eigenvalue weighted by Gasteiger charge is -2.29. The highest BCUT2D eigenvalue weighted by molar-refractivity contribution is 5.78. The molecule has 1 heterocycles. The van der Waals surface area contributed by atoms with Gasteiger partial charge < -0.3 is 16.0 Å². The van der Waals surface area contributed by atoms with Gasteiger partial charge in [0.2, 0.25) is 5.91 Å². The molecule has 0 aliphatic carbocycles. The van der Waals surface area contributed by atoms with E-state index in [9.17, 15) is 4.79 Å². The second-order valence-corrected chi connectivity index (χ2v) is 6.77. The Kier molecular flexibility index (Phi) is 8.15. The fraction of sp³-hybridized carbons (Fsp3) is 0.938. The number of nitrogens with two attached hydrogens (primary N) is 1. The number of rotatable bonds is 8. The zero-order valence-corrected chi connectivity index (χ0v) is 13.5. The molecule has 0 aromatic rings. The average molecular weight is 283 g/mol. The zero-order chi connectivity index (χ0) is 15.0. The van der Waals surface area contributed by atoms with E-state index in [1.54, 1.807) is 0 Å². The largest absolute Gasteiger partial charge is 0.356 e. The first-order chi connectivity index (χ1) is 9.52. The molecule has 0 aromatic heterocycles. The summed E-state index contributed by atoms with van der Waals surface area (Å²) < 4.78 is 0. The topological polar surface area (TPSA) is 58.4 Å². The Hall–Kier alpha value is -0.610. The molecule has 20 heavy (non-hydrogen) atoms. The van der Waals surface area contributed by atoms with Crippen LogP contribution in [0.4, 0.5) is 0 Å². The van der Waals surface area contributed by atoms with Crippen molar-refractivity contribution in [3.8, 4) is 0 Å².